The summed E-state index contributed by atoms with van der Waals surface area (Å²) in [5.41, 5.74) is 3.35. The summed E-state index contributed by atoms with van der Waals surface area (Å²) in [4.78, 5) is 14.9. The lowest BCUT2D eigenvalue weighted by atomic mass is 10.2. The first-order valence-corrected chi connectivity index (χ1v) is 6.31. The number of anilines is 1. The summed E-state index contributed by atoms with van der Waals surface area (Å²) < 4.78 is 0. The van der Waals surface area contributed by atoms with E-state index in [1.165, 1.54) is 18.1 Å². The van der Waals surface area contributed by atoms with Gasteiger partial charge in [0.2, 0.25) is 5.91 Å². The number of pyridine rings is 1. The predicted octanol–water partition coefficient (Wildman–Crippen LogP) is 1.30. The van der Waals surface area contributed by atoms with Gasteiger partial charge in [-0.25, -0.2) is 0 Å². The predicted molar refractivity (Wildman–Crippen MR) is 74.3 cm³/mol. The van der Waals surface area contributed by atoms with E-state index in [0.717, 1.165) is 18.8 Å². The smallest absolute Gasteiger partial charge is 0.221 e. The molecule has 0 radical (unpaired) electrons. The Balaban J connectivity index is 1.81. The zero-order valence-corrected chi connectivity index (χ0v) is 11.0. The number of aromatic nitrogens is 1. The van der Waals surface area contributed by atoms with Crippen molar-refractivity contribution in [1.29, 1.82) is 0 Å². The van der Waals surface area contributed by atoms with Gasteiger partial charge >= 0.3 is 0 Å². The van der Waals surface area contributed by atoms with Gasteiger partial charge in [0, 0.05) is 36.1 Å². The lowest BCUT2D eigenvalue weighted by Crippen LogP contribution is -2.80. The summed E-state index contributed by atoms with van der Waals surface area (Å²) in [7, 11) is 0. The normalized spacial score (nSPS) is 10.2. The number of rotatable bonds is 5. The van der Waals surface area contributed by atoms with Gasteiger partial charge in [0.1, 0.15) is 13.1 Å². The van der Waals surface area contributed by atoms with Crippen LogP contribution >= 0.6 is 0 Å². The lowest BCUT2D eigenvalue weighted by molar-refractivity contribution is -0.686. The Bertz CT molecular complexity index is 523. The first kappa shape index (κ1) is 13.2. The van der Waals surface area contributed by atoms with Gasteiger partial charge in [-0.1, -0.05) is 12.1 Å². The minimum Gasteiger partial charge on any atom is -0.339 e. The fourth-order valence-corrected chi connectivity index (χ4v) is 1.85. The molecule has 3 N–H and O–H groups in total. The van der Waals surface area contributed by atoms with E-state index in [2.05, 4.69) is 15.6 Å². The SMILES string of the molecule is CC(=O)Nc1ccc(C[NH2+]Cc2ccncc2)cc1. The Labute approximate surface area is 112 Å². The third-order valence-corrected chi connectivity index (χ3v) is 2.78. The largest absolute Gasteiger partial charge is 0.339 e. The summed E-state index contributed by atoms with van der Waals surface area (Å²) in [5, 5.41) is 5.00. The molecule has 19 heavy (non-hydrogen) atoms. The monoisotopic (exact) mass is 256 g/mol. The highest BCUT2D eigenvalue weighted by molar-refractivity contribution is 5.88. The first-order chi connectivity index (χ1) is 9.24. The Hall–Kier alpha value is -2.20. The molecule has 1 aromatic heterocycles. The molecule has 0 unspecified atom stereocenters. The third kappa shape index (κ3) is 4.52. The Kier molecular flexibility index (Phi) is 4.64. The number of hydrogen-bond donors (Lipinski definition) is 2. The fraction of sp³-hybridized carbons (Fsp3) is 0.200. The van der Waals surface area contributed by atoms with Crippen molar-refractivity contribution in [2.24, 2.45) is 0 Å². The van der Waals surface area contributed by atoms with Crippen molar-refractivity contribution in [1.82, 2.24) is 4.98 Å². The lowest BCUT2D eigenvalue weighted by Gasteiger charge is -2.04. The zero-order valence-electron chi connectivity index (χ0n) is 11.0. The van der Waals surface area contributed by atoms with E-state index in [1.807, 2.05) is 48.8 Å². The van der Waals surface area contributed by atoms with Crippen LogP contribution in [0.1, 0.15) is 18.1 Å². The number of amides is 1. The van der Waals surface area contributed by atoms with Crippen LogP contribution in [0.2, 0.25) is 0 Å². The number of carbonyl (C=O) groups excluding carboxylic acids is 1. The zero-order chi connectivity index (χ0) is 13.5. The van der Waals surface area contributed by atoms with E-state index in [9.17, 15) is 4.79 Å². The van der Waals surface area contributed by atoms with Crippen molar-refractivity contribution < 1.29 is 10.1 Å². The molecule has 0 saturated heterocycles. The average molecular weight is 256 g/mol. The molecular formula is C15H18N3O+. The van der Waals surface area contributed by atoms with Crippen LogP contribution in [0.3, 0.4) is 0 Å². The molecule has 0 aliphatic heterocycles. The average Bonchev–Trinajstić information content (AvgIpc) is 2.41. The first-order valence-electron chi connectivity index (χ1n) is 6.31. The summed E-state index contributed by atoms with van der Waals surface area (Å²) in [5.74, 6) is -0.0444. The molecule has 1 amide bonds. The summed E-state index contributed by atoms with van der Waals surface area (Å²) in [6.45, 7) is 3.37. The van der Waals surface area contributed by atoms with E-state index in [4.69, 9.17) is 0 Å². The van der Waals surface area contributed by atoms with Gasteiger partial charge in [-0.15, -0.1) is 0 Å². The van der Waals surface area contributed by atoms with Crippen LogP contribution in [0, 0.1) is 0 Å². The van der Waals surface area contributed by atoms with E-state index < -0.39 is 0 Å². The van der Waals surface area contributed by atoms with E-state index in [-0.39, 0.29) is 5.91 Å². The second kappa shape index (κ2) is 6.66. The summed E-state index contributed by atoms with van der Waals surface area (Å²) in [6, 6.07) is 12.0. The van der Waals surface area contributed by atoms with Gasteiger partial charge in [-0.2, -0.15) is 0 Å². The van der Waals surface area contributed by atoms with Crippen LogP contribution in [0.5, 0.6) is 0 Å². The molecule has 4 nitrogen and oxygen atoms in total. The molecule has 1 heterocycles. The minimum atomic E-state index is -0.0444. The Morgan fingerprint density at radius 2 is 1.63 bits per heavy atom. The number of nitrogens with one attached hydrogen (secondary N) is 1. The number of hydrogen-bond acceptors (Lipinski definition) is 2. The van der Waals surface area contributed by atoms with Gasteiger partial charge in [0.25, 0.3) is 0 Å². The number of benzene rings is 1. The molecule has 0 spiro atoms. The molecule has 2 rings (SSSR count). The van der Waals surface area contributed by atoms with E-state index in [0.29, 0.717) is 0 Å². The number of nitrogens with two attached hydrogens (primary N) is 1. The van der Waals surface area contributed by atoms with Crippen LogP contribution in [0.4, 0.5) is 5.69 Å². The van der Waals surface area contributed by atoms with Crippen molar-refractivity contribution in [2.45, 2.75) is 20.0 Å². The number of nitrogens with zero attached hydrogens (tertiary/aromatic N) is 1. The van der Waals surface area contributed by atoms with Crippen LogP contribution in [-0.2, 0) is 17.9 Å². The molecule has 0 bridgehead atoms. The Morgan fingerprint density at radius 3 is 2.21 bits per heavy atom. The molecule has 98 valence electrons. The van der Waals surface area contributed by atoms with Crippen molar-refractivity contribution >= 4 is 11.6 Å². The van der Waals surface area contributed by atoms with Gasteiger partial charge in [0.15, 0.2) is 0 Å². The maximum Gasteiger partial charge on any atom is 0.221 e. The highest BCUT2D eigenvalue weighted by atomic mass is 16.1. The Morgan fingerprint density at radius 1 is 1.05 bits per heavy atom. The van der Waals surface area contributed by atoms with Crippen LogP contribution in [-0.4, -0.2) is 10.9 Å². The van der Waals surface area contributed by atoms with Gasteiger partial charge in [-0.05, 0) is 24.3 Å². The van der Waals surface area contributed by atoms with Crippen LogP contribution < -0.4 is 10.6 Å². The maximum atomic E-state index is 10.9. The number of carbonyl (C=O) groups is 1. The molecule has 0 aliphatic carbocycles. The van der Waals surface area contributed by atoms with E-state index >= 15 is 0 Å². The third-order valence-electron chi connectivity index (χ3n) is 2.78. The summed E-state index contributed by atoms with van der Waals surface area (Å²) in [6.07, 6.45) is 3.62. The molecule has 0 saturated carbocycles. The second-order valence-corrected chi connectivity index (χ2v) is 4.43. The van der Waals surface area contributed by atoms with Crippen LogP contribution in [0.25, 0.3) is 0 Å². The van der Waals surface area contributed by atoms with Crippen molar-refractivity contribution in [3.63, 3.8) is 0 Å². The molecule has 1 aromatic carbocycles. The highest BCUT2D eigenvalue weighted by Crippen LogP contribution is 2.08. The fourth-order valence-electron chi connectivity index (χ4n) is 1.85. The van der Waals surface area contributed by atoms with Crippen molar-refractivity contribution in [3.8, 4) is 0 Å². The van der Waals surface area contributed by atoms with Gasteiger partial charge < -0.3 is 10.6 Å². The standard InChI is InChI=1S/C15H17N3O/c1-12(19)18-15-4-2-13(3-5-15)10-17-11-14-6-8-16-9-7-14/h2-9,17H,10-11H2,1H3,(H,18,19)/p+1. The maximum absolute atomic E-state index is 10.9. The highest BCUT2D eigenvalue weighted by Gasteiger charge is 1.99. The molecule has 0 atom stereocenters. The minimum absolute atomic E-state index is 0.0444. The van der Waals surface area contributed by atoms with E-state index in [1.54, 1.807) is 0 Å². The molecule has 4 heteroatoms. The molecule has 0 aliphatic rings. The van der Waals surface area contributed by atoms with Gasteiger partial charge in [-0.3, -0.25) is 9.78 Å². The van der Waals surface area contributed by atoms with Gasteiger partial charge in [0.05, 0.1) is 0 Å². The summed E-state index contributed by atoms with van der Waals surface area (Å²) >= 11 is 0. The second-order valence-electron chi connectivity index (χ2n) is 4.43. The quantitative estimate of drug-likeness (QED) is 0.847. The van der Waals surface area contributed by atoms with Crippen molar-refractivity contribution in [2.75, 3.05) is 5.32 Å². The van der Waals surface area contributed by atoms with Crippen molar-refractivity contribution in [3.05, 3.63) is 59.9 Å². The number of quaternary nitrogens is 1. The molecule has 0 fully saturated rings. The molecule has 2 aromatic rings. The van der Waals surface area contributed by atoms with Crippen LogP contribution in [0.15, 0.2) is 48.8 Å². The molecular weight excluding hydrogens is 238 g/mol. The topological polar surface area (TPSA) is 58.6 Å².